The molecule has 0 atom stereocenters. The number of thiazole rings is 1. The van der Waals surface area contributed by atoms with E-state index < -0.39 is 5.97 Å². The first-order chi connectivity index (χ1) is 11.2. The van der Waals surface area contributed by atoms with Crippen molar-refractivity contribution in [2.75, 3.05) is 12.4 Å². The van der Waals surface area contributed by atoms with Crippen LogP contribution < -0.4 is 5.32 Å². The number of amides is 1. The zero-order valence-electron chi connectivity index (χ0n) is 12.5. The molecule has 1 aromatic carbocycles. The van der Waals surface area contributed by atoms with Crippen LogP contribution in [0.15, 0.2) is 36.7 Å². The molecule has 0 bridgehead atoms. The highest BCUT2D eigenvalue weighted by molar-refractivity contribution is 7.17. The lowest BCUT2D eigenvalue weighted by molar-refractivity contribution is -0.116. The minimum atomic E-state index is -0.457. The number of anilines is 1. The van der Waals surface area contributed by atoms with E-state index >= 15 is 0 Å². The number of methoxy groups -OCH3 is 1. The van der Waals surface area contributed by atoms with Crippen molar-refractivity contribution < 1.29 is 14.3 Å². The highest BCUT2D eigenvalue weighted by atomic mass is 32.1. The molecule has 0 aliphatic heterocycles. The van der Waals surface area contributed by atoms with E-state index in [1.54, 1.807) is 0 Å². The van der Waals surface area contributed by atoms with Gasteiger partial charge in [0.25, 0.3) is 0 Å². The molecule has 0 saturated heterocycles. The minimum Gasteiger partial charge on any atom is -0.465 e. The number of aromatic amines is 1. The van der Waals surface area contributed by atoms with Crippen LogP contribution in [0.25, 0.3) is 10.9 Å². The third kappa shape index (κ3) is 3.40. The molecular weight excluding hydrogens is 314 g/mol. The van der Waals surface area contributed by atoms with Crippen molar-refractivity contribution in [1.82, 2.24) is 9.97 Å². The maximum Gasteiger partial charge on any atom is 0.349 e. The van der Waals surface area contributed by atoms with Gasteiger partial charge in [-0.1, -0.05) is 29.5 Å². The zero-order valence-corrected chi connectivity index (χ0v) is 13.3. The van der Waals surface area contributed by atoms with Gasteiger partial charge in [0.1, 0.15) is 4.88 Å². The number of esters is 1. The van der Waals surface area contributed by atoms with Gasteiger partial charge in [0.05, 0.1) is 13.3 Å². The zero-order chi connectivity index (χ0) is 16.2. The van der Waals surface area contributed by atoms with Gasteiger partial charge in [-0.25, -0.2) is 9.78 Å². The van der Waals surface area contributed by atoms with Crippen LogP contribution in [0.5, 0.6) is 0 Å². The summed E-state index contributed by atoms with van der Waals surface area (Å²) in [5.41, 5.74) is 2.16. The molecule has 7 heteroatoms. The Hall–Kier alpha value is -2.67. The van der Waals surface area contributed by atoms with E-state index in [0.717, 1.165) is 27.8 Å². The van der Waals surface area contributed by atoms with Crippen molar-refractivity contribution in [2.45, 2.75) is 12.8 Å². The second-order valence-corrected chi connectivity index (χ2v) is 5.96. The fourth-order valence-corrected chi connectivity index (χ4v) is 3.05. The number of nitrogens with one attached hydrogen (secondary N) is 2. The minimum absolute atomic E-state index is 0.138. The third-order valence-electron chi connectivity index (χ3n) is 3.43. The molecule has 2 N–H and O–H groups in total. The number of hydrogen-bond donors (Lipinski definition) is 2. The predicted octanol–water partition coefficient (Wildman–Crippen LogP) is 2.98. The highest BCUT2D eigenvalue weighted by Crippen LogP contribution is 2.21. The number of aryl methyl sites for hydroxylation is 1. The van der Waals surface area contributed by atoms with Crippen LogP contribution in [0.1, 0.15) is 21.7 Å². The van der Waals surface area contributed by atoms with Gasteiger partial charge in [-0.3, -0.25) is 4.79 Å². The standard InChI is InChI=1S/C16H15N3O3S/c1-22-15(21)13-9-18-16(23-13)19-14(20)7-6-10-8-17-12-5-3-2-4-11(10)12/h2-5,8-9,17H,6-7H2,1H3,(H,18,19,20). The summed E-state index contributed by atoms with van der Waals surface area (Å²) in [5, 5.41) is 4.23. The summed E-state index contributed by atoms with van der Waals surface area (Å²) in [4.78, 5) is 30.9. The lowest BCUT2D eigenvalue weighted by atomic mass is 10.1. The summed E-state index contributed by atoms with van der Waals surface area (Å²) in [6, 6.07) is 7.98. The number of fused-ring (bicyclic) bond motifs is 1. The Morgan fingerprint density at radius 2 is 2.17 bits per heavy atom. The summed E-state index contributed by atoms with van der Waals surface area (Å²) in [7, 11) is 1.31. The Bertz CT molecular complexity index is 853. The first-order valence-electron chi connectivity index (χ1n) is 7.06. The van der Waals surface area contributed by atoms with Gasteiger partial charge in [-0.05, 0) is 18.1 Å². The molecule has 0 aliphatic carbocycles. The Morgan fingerprint density at radius 3 is 3.00 bits per heavy atom. The van der Waals surface area contributed by atoms with Crippen molar-refractivity contribution in [3.8, 4) is 0 Å². The van der Waals surface area contributed by atoms with Gasteiger partial charge in [-0.15, -0.1) is 0 Å². The Kier molecular flexibility index (Phi) is 4.38. The lowest BCUT2D eigenvalue weighted by Crippen LogP contribution is -2.11. The molecule has 1 amide bonds. The fraction of sp³-hybridized carbons (Fsp3) is 0.188. The number of carbonyl (C=O) groups excluding carboxylic acids is 2. The Morgan fingerprint density at radius 1 is 1.35 bits per heavy atom. The molecule has 0 unspecified atom stereocenters. The van der Waals surface area contributed by atoms with E-state index in [1.807, 2.05) is 30.5 Å². The largest absolute Gasteiger partial charge is 0.465 e. The van der Waals surface area contributed by atoms with Crippen molar-refractivity contribution >= 4 is 39.2 Å². The third-order valence-corrected chi connectivity index (χ3v) is 4.33. The molecule has 0 radical (unpaired) electrons. The van der Waals surface area contributed by atoms with Gasteiger partial charge in [-0.2, -0.15) is 0 Å². The van der Waals surface area contributed by atoms with E-state index in [-0.39, 0.29) is 5.91 Å². The number of benzene rings is 1. The average molecular weight is 329 g/mol. The van der Waals surface area contributed by atoms with Gasteiger partial charge in [0.15, 0.2) is 5.13 Å². The lowest BCUT2D eigenvalue weighted by Gasteiger charge is -2.01. The molecule has 23 heavy (non-hydrogen) atoms. The summed E-state index contributed by atoms with van der Waals surface area (Å²) in [5.74, 6) is -0.595. The first-order valence-corrected chi connectivity index (χ1v) is 7.88. The molecule has 0 spiro atoms. The number of hydrogen-bond acceptors (Lipinski definition) is 5. The van der Waals surface area contributed by atoms with Gasteiger partial charge in [0, 0.05) is 23.5 Å². The molecule has 6 nitrogen and oxygen atoms in total. The summed E-state index contributed by atoms with van der Waals surface area (Å²) in [6.45, 7) is 0. The van der Waals surface area contributed by atoms with Crippen LogP contribution in [0, 0.1) is 0 Å². The van der Waals surface area contributed by atoms with E-state index in [0.29, 0.717) is 22.9 Å². The molecule has 3 aromatic rings. The van der Waals surface area contributed by atoms with Gasteiger partial charge >= 0.3 is 5.97 Å². The molecule has 0 saturated carbocycles. The number of nitrogens with zero attached hydrogens (tertiary/aromatic N) is 1. The molecule has 0 fully saturated rings. The number of aromatic nitrogens is 2. The van der Waals surface area contributed by atoms with Crippen LogP contribution in [-0.2, 0) is 16.0 Å². The second-order valence-electron chi connectivity index (χ2n) is 4.93. The average Bonchev–Trinajstić information content (AvgIpc) is 3.19. The summed E-state index contributed by atoms with van der Waals surface area (Å²) >= 11 is 1.10. The van der Waals surface area contributed by atoms with Crippen LogP contribution in [0.4, 0.5) is 5.13 Å². The number of ether oxygens (including phenoxy) is 1. The maximum absolute atomic E-state index is 12.0. The number of carbonyl (C=O) groups is 2. The predicted molar refractivity (Wildman–Crippen MR) is 88.7 cm³/mol. The van der Waals surface area contributed by atoms with Crippen molar-refractivity contribution in [3.05, 3.63) is 47.1 Å². The van der Waals surface area contributed by atoms with Crippen LogP contribution in [-0.4, -0.2) is 29.0 Å². The van der Waals surface area contributed by atoms with Gasteiger partial charge in [0.2, 0.25) is 5.91 Å². The summed E-state index contributed by atoms with van der Waals surface area (Å²) in [6.07, 6.45) is 4.29. The Balaban J connectivity index is 1.59. The second kappa shape index (κ2) is 6.62. The molecule has 2 heterocycles. The quantitative estimate of drug-likeness (QED) is 0.705. The fourth-order valence-electron chi connectivity index (χ4n) is 2.30. The normalized spacial score (nSPS) is 10.7. The van der Waals surface area contributed by atoms with Crippen LogP contribution in [0.3, 0.4) is 0 Å². The van der Waals surface area contributed by atoms with E-state index in [9.17, 15) is 9.59 Å². The van der Waals surface area contributed by atoms with E-state index in [2.05, 4.69) is 20.0 Å². The SMILES string of the molecule is COC(=O)c1cnc(NC(=O)CCc2c[nH]c3ccccc23)s1. The number of para-hydroxylation sites is 1. The van der Waals surface area contributed by atoms with Crippen LogP contribution >= 0.6 is 11.3 Å². The molecular formula is C16H15N3O3S. The van der Waals surface area contributed by atoms with Crippen LogP contribution in [0.2, 0.25) is 0 Å². The van der Waals surface area contributed by atoms with Crippen molar-refractivity contribution in [1.29, 1.82) is 0 Å². The Labute approximate surface area is 136 Å². The highest BCUT2D eigenvalue weighted by Gasteiger charge is 2.13. The number of H-pyrrole nitrogens is 1. The smallest absolute Gasteiger partial charge is 0.349 e. The van der Waals surface area contributed by atoms with Gasteiger partial charge < -0.3 is 15.0 Å². The summed E-state index contributed by atoms with van der Waals surface area (Å²) < 4.78 is 4.61. The number of rotatable bonds is 5. The maximum atomic E-state index is 12.0. The molecule has 3 rings (SSSR count). The molecule has 0 aliphatic rings. The topological polar surface area (TPSA) is 84.1 Å². The van der Waals surface area contributed by atoms with E-state index in [1.165, 1.54) is 13.3 Å². The molecule has 2 aromatic heterocycles. The first kappa shape index (κ1) is 15.2. The van der Waals surface area contributed by atoms with Crippen molar-refractivity contribution in [3.63, 3.8) is 0 Å². The molecule has 118 valence electrons. The van der Waals surface area contributed by atoms with Crippen molar-refractivity contribution in [2.24, 2.45) is 0 Å². The van der Waals surface area contributed by atoms with E-state index in [4.69, 9.17) is 0 Å². The monoisotopic (exact) mass is 329 g/mol.